The standard InChI is InChI=1S/C46H30N2O/c1-3-11-29(12-4-1)35-19-10-20-42-43(35)39-28-38(36-17-7-8-18-37(36)46(39)49-42)33-15-9-16-34(27-33)41-26-24-32-22-21-31-23-25-40(30-13-5-2-6-14-30)47-44(31)45(32)48-41/h1-28,44-45H. The lowest BCUT2D eigenvalue weighted by atomic mass is 9.84. The molecule has 0 radical (unpaired) electrons. The van der Waals surface area contributed by atoms with E-state index in [1.165, 1.54) is 27.8 Å². The van der Waals surface area contributed by atoms with Crippen LogP contribution in [0.4, 0.5) is 0 Å². The van der Waals surface area contributed by atoms with E-state index in [-0.39, 0.29) is 12.1 Å². The first-order valence-corrected chi connectivity index (χ1v) is 16.8. The minimum atomic E-state index is -0.0711. The molecule has 0 bridgehead atoms. The first-order valence-electron chi connectivity index (χ1n) is 16.8. The van der Waals surface area contributed by atoms with Gasteiger partial charge in [-0.15, -0.1) is 0 Å². The Morgan fingerprint density at radius 1 is 0.429 bits per heavy atom. The van der Waals surface area contributed by atoms with Crippen molar-refractivity contribution in [3.05, 3.63) is 192 Å². The number of hydrogen-bond acceptors (Lipinski definition) is 3. The highest BCUT2D eigenvalue weighted by atomic mass is 16.3. The molecule has 0 amide bonds. The third kappa shape index (κ3) is 4.58. The summed E-state index contributed by atoms with van der Waals surface area (Å²) >= 11 is 0. The molecule has 0 spiro atoms. The van der Waals surface area contributed by atoms with Gasteiger partial charge in [0.05, 0.1) is 11.4 Å². The Morgan fingerprint density at radius 3 is 1.76 bits per heavy atom. The van der Waals surface area contributed by atoms with Crippen molar-refractivity contribution in [3.8, 4) is 22.3 Å². The molecule has 2 unspecified atom stereocenters. The largest absolute Gasteiger partial charge is 0.455 e. The molecule has 7 aromatic rings. The Kier molecular flexibility index (Phi) is 6.31. The minimum Gasteiger partial charge on any atom is -0.455 e. The van der Waals surface area contributed by atoms with E-state index >= 15 is 0 Å². The zero-order valence-electron chi connectivity index (χ0n) is 26.6. The Labute approximate surface area is 284 Å². The number of hydrogen-bond donors (Lipinski definition) is 0. The fourth-order valence-electron chi connectivity index (χ4n) is 7.63. The Hall–Kier alpha value is -6.32. The maximum absolute atomic E-state index is 6.61. The van der Waals surface area contributed by atoms with Gasteiger partial charge in [-0.2, -0.15) is 0 Å². The van der Waals surface area contributed by atoms with Crippen LogP contribution < -0.4 is 0 Å². The molecule has 3 heteroatoms. The van der Waals surface area contributed by atoms with Crippen molar-refractivity contribution in [2.75, 3.05) is 0 Å². The molecule has 6 aromatic carbocycles. The lowest BCUT2D eigenvalue weighted by Gasteiger charge is -2.31. The van der Waals surface area contributed by atoms with Gasteiger partial charge in [-0.3, -0.25) is 9.98 Å². The van der Waals surface area contributed by atoms with Crippen LogP contribution in [-0.4, -0.2) is 23.5 Å². The van der Waals surface area contributed by atoms with Gasteiger partial charge in [0.1, 0.15) is 23.2 Å². The summed E-state index contributed by atoms with van der Waals surface area (Å²) < 4.78 is 6.61. The quantitative estimate of drug-likeness (QED) is 0.192. The average molecular weight is 627 g/mol. The van der Waals surface area contributed by atoms with Crippen LogP contribution in [0.15, 0.2) is 195 Å². The summed E-state index contributed by atoms with van der Waals surface area (Å²) in [7, 11) is 0. The number of dihydropyridines is 2. The number of allylic oxidation sites excluding steroid dienone is 4. The Balaban J connectivity index is 1.10. The predicted octanol–water partition coefficient (Wildman–Crippen LogP) is 11.1. The SMILES string of the molecule is C1=CC(c2ccccc2)=NC2C1=CC=C1C=CC(c3cccc(-c4cc5c(oc6cccc(-c7ccccc7)c65)c5ccccc45)c3)=NC12. The summed E-state index contributed by atoms with van der Waals surface area (Å²) in [6, 6.07) is 46.9. The van der Waals surface area contributed by atoms with E-state index in [1.807, 2.05) is 6.07 Å². The molecule has 49 heavy (non-hydrogen) atoms. The van der Waals surface area contributed by atoms with E-state index in [9.17, 15) is 0 Å². The summed E-state index contributed by atoms with van der Waals surface area (Å²) in [5.74, 6) is 0. The molecule has 2 aliphatic heterocycles. The van der Waals surface area contributed by atoms with Gasteiger partial charge in [0.15, 0.2) is 0 Å². The first kappa shape index (κ1) is 27.8. The van der Waals surface area contributed by atoms with E-state index in [0.29, 0.717) is 0 Å². The van der Waals surface area contributed by atoms with E-state index in [1.54, 1.807) is 0 Å². The monoisotopic (exact) mass is 626 g/mol. The van der Waals surface area contributed by atoms with Gasteiger partial charge in [0.25, 0.3) is 0 Å². The van der Waals surface area contributed by atoms with Crippen LogP contribution in [0, 0.1) is 0 Å². The van der Waals surface area contributed by atoms with Crippen LogP contribution >= 0.6 is 0 Å². The van der Waals surface area contributed by atoms with Gasteiger partial charge >= 0.3 is 0 Å². The molecule has 0 fully saturated rings. The normalized spacial score (nSPS) is 18.1. The molecule has 10 rings (SSSR count). The summed E-state index contributed by atoms with van der Waals surface area (Å²) in [5, 5.41) is 4.54. The van der Waals surface area contributed by atoms with Crippen molar-refractivity contribution < 1.29 is 4.42 Å². The number of benzene rings is 6. The molecule has 1 aliphatic carbocycles. The highest BCUT2D eigenvalue weighted by molar-refractivity contribution is 6.22. The first-order chi connectivity index (χ1) is 24.3. The number of aliphatic imine (C=N–C) groups is 2. The van der Waals surface area contributed by atoms with Crippen molar-refractivity contribution in [2.45, 2.75) is 12.1 Å². The van der Waals surface area contributed by atoms with Crippen LogP contribution in [0.3, 0.4) is 0 Å². The van der Waals surface area contributed by atoms with Gasteiger partial charge in [-0.1, -0.05) is 140 Å². The lowest BCUT2D eigenvalue weighted by Crippen LogP contribution is -2.33. The molecule has 230 valence electrons. The average Bonchev–Trinajstić information content (AvgIpc) is 3.57. The van der Waals surface area contributed by atoms with Crippen LogP contribution in [0.2, 0.25) is 0 Å². The topological polar surface area (TPSA) is 37.9 Å². The second kappa shape index (κ2) is 11.1. The van der Waals surface area contributed by atoms with E-state index in [0.717, 1.165) is 60.8 Å². The van der Waals surface area contributed by atoms with Gasteiger partial charge in [-0.05, 0) is 74.7 Å². The van der Waals surface area contributed by atoms with E-state index in [4.69, 9.17) is 14.4 Å². The molecule has 0 saturated carbocycles. The summed E-state index contributed by atoms with van der Waals surface area (Å²) in [6.07, 6.45) is 13.1. The number of fused-ring (bicyclic) bond motifs is 8. The highest BCUT2D eigenvalue weighted by Gasteiger charge is 2.32. The zero-order valence-corrected chi connectivity index (χ0v) is 26.6. The molecule has 1 aromatic heterocycles. The molecular weight excluding hydrogens is 597 g/mol. The van der Waals surface area contributed by atoms with E-state index in [2.05, 4.69) is 164 Å². The van der Waals surface area contributed by atoms with Crippen molar-refractivity contribution in [1.82, 2.24) is 0 Å². The molecule has 0 saturated heterocycles. The molecule has 3 aliphatic rings. The summed E-state index contributed by atoms with van der Waals surface area (Å²) in [4.78, 5) is 10.6. The van der Waals surface area contributed by atoms with Crippen LogP contribution in [0.25, 0.3) is 55.0 Å². The maximum Gasteiger partial charge on any atom is 0.143 e. The lowest BCUT2D eigenvalue weighted by molar-refractivity contribution is 0.657. The number of rotatable bonds is 4. The third-order valence-corrected chi connectivity index (χ3v) is 10.0. The van der Waals surface area contributed by atoms with Crippen LogP contribution in [-0.2, 0) is 0 Å². The second-order valence-electron chi connectivity index (χ2n) is 12.9. The summed E-state index contributed by atoms with van der Waals surface area (Å²) in [6.45, 7) is 0. The Morgan fingerprint density at radius 2 is 1.02 bits per heavy atom. The van der Waals surface area contributed by atoms with Crippen molar-refractivity contribution in [2.24, 2.45) is 9.98 Å². The van der Waals surface area contributed by atoms with Crippen molar-refractivity contribution >= 4 is 44.1 Å². The molecule has 2 atom stereocenters. The molecule has 0 N–H and O–H groups in total. The van der Waals surface area contributed by atoms with E-state index < -0.39 is 0 Å². The number of furan rings is 1. The molecule has 3 nitrogen and oxygen atoms in total. The fraction of sp³-hybridized carbons (Fsp3) is 0.0435. The second-order valence-corrected chi connectivity index (χ2v) is 12.9. The smallest absolute Gasteiger partial charge is 0.143 e. The highest BCUT2D eigenvalue weighted by Crippen LogP contribution is 2.43. The van der Waals surface area contributed by atoms with Gasteiger partial charge < -0.3 is 4.42 Å². The number of nitrogens with zero attached hydrogens (tertiary/aromatic N) is 2. The molecule has 3 heterocycles. The minimum absolute atomic E-state index is 0.0529. The van der Waals surface area contributed by atoms with Gasteiger partial charge in [0, 0.05) is 21.7 Å². The maximum atomic E-state index is 6.61. The van der Waals surface area contributed by atoms with Gasteiger partial charge in [-0.25, -0.2) is 0 Å². The molecular formula is C46H30N2O. The Bertz CT molecular complexity index is 2650. The van der Waals surface area contributed by atoms with Gasteiger partial charge in [0.2, 0.25) is 0 Å². The van der Waals surface area contributed by atoms with Crippen molar-refractivity contribution in [1.29, 1.82) is 0 Å². The zero-order chi connectivity index (χ0) is 32.3. The van der Waals surface area contributed by atoms with Crippen molar-refractivity contribution in [3.63, 3.8) is 0 Å². The van der Waals surface area contributed by atoms with Crippen LogP contribution in [0.1, 0.15) is 11.1 Å². The third-order valence-electron chi connectivity index (χ3n) is 10.0. The predicted molar refractivity (Wildman–Crippen MR) is 204 cm³/mol. The summed E-state index contributed by atoms with van der Waals surface area (Å²) in [5.41, 5.74) is 13.1. The van der Waals surface area contributed by atoms with Crippen LogP contribution in [0.5, 0.6) is 0 Å². The fourth-order valence-corrected chi connectivity index (χ4v) is 7.63.